The Kier molecular flexibility index (Phi) is 11.6. The molecule has 0 radical (unpaired) electrons. The Balaban J connectivity index is 1.45. The van der Waals surface area contributed by atoms with Gasteiger partial charge in [0.2, 0.25) is 0 Å². The van der Waals surface area contributed by atoms with Crippen LogP contribution in [-0.4, -0.2) is 45.7 Å². The maximum absolute atomic E-state index is 14.7. The van der Waals surface area contributed by atoms with Crippen LogP contribution in [0.3, 0.4) is 0 Å². The molecule has 0 aromatic heterocycles. The molecule has 1 heterocycles. The van der Waals surface area contributed by atoms with Gasteiger partial charge in [0.1, 0.15) is 26.4 Å². The average molecular weight is 711 g/mol. The van der Waals surface area contributed by atoms with Crippen molar-refractivity contribution in [3.63, 3.8) is 0 Å². The molecule has 0 spiro atoms. The molecule has 1 atom stereocenters. The molecule has 0 aliphatic carbocycles. The Labute approximate surface area is 307 Å². The van der Waals surface area contributed by atoms with Crippen molar-refractivity contribution in [1.82, 2.24) is 10.0 Å². The highest BCUT2D eigenvalue weighted by Crippen LogP contribution is 2.43. The molecule has 5 aromatic rings. The topological polar surface area (TPSA) is 112 Å². The van der Waals surface area contributed by atoms with Gasteiger partial charge in [0.05, 0.1) is 6.04 Å². The van der Waals surface area contributed by atoms with Crippen LogP contribution in [0.5, 0.6) is 0 Å². The van der Waals surface area contributed by atoms with Crippen molar-refractivity contribution in [3.05, 3.63) is 186 Å². The second-order valence-electron chi connectivity index (χ2n) is 12.3. The first kappa shape index (κ1) is 36.1. The van der Waals surface area contributed by atoms with E-state index in [1.807, 2.05) is 30.3 Å². The van der Waals surface area contributed by atoms with Gasteiger partial charge in [-0.25, -0.2) is 24.2 Å². The first-order valence-electron chi connectivity index (χ1n) is 17.0. The molecule has 1 aliphatic rings. The molecular formula is C43H38N2O8. The molecule has 0 unspecified atom stereocenters. The smallest absolute Gasteiger partial charge is 0.431 e. The van der Waals surface area contributed by atoms with Crippen molar-refractivity contribution < 1.29 is 38.1 Å². The van der Waals surface area contributed by atoms with Crippen molar-refractivity contribution in [2.75, 3.05) is 0 Å². The highest BCUT2D eigenvalue weighted by atomic mass is 16.6. The van der Waals surface area contributed by atoms with E-state index < -0.39 is 42.1 Å². The molecule has 6 rings (SSSR count). The lowest BCUT2D eigenvalue weighted by Gasteiger charge is -2.36. The second kappa shape index (κ2) is 17.0. The first-order chi connectivity index (χ1) is 25.9. The molecule has 5 aromatic carbocycles. The summed E-state index contributed by atoms with van der Waals surface area (Å²) in [6.45, 7) is 3.41. The van der Waals surface area contributed by atoms with E-state index >= 15 is 0 Å². The number of carbonyl (C=O) groups excluding carboxylic acids is 4. The van der Waals surface area contributed by atoms with Crippen molar-refractivity contribution in [3.8, 4) is 0 Å². The summed E-state index contributed by atoms with van der Waals surface area (Å²) in [5.41, 5.74) is 0.952. The SMILES string of the molecule is C=C(c1ccccc1)[C@H]1CC(C(=O)OCc2ccccc2)(C(=O)OCc2ccccc2)N(C(=O)OCc2ccccc2)N1C(=O)OCc1ccccc1. The number of nitrogens with zero attached hydrogens (tertiary/aromatic N) is 2. The predicted octanol–water partition coefficient (Wildman–Crippen LogP) is 7.89. The van der Waals surface area contributed by atoms with Crippen LogP contribution in [0.2, 0.25) is 0 Å². The van der Waals surface area contributed by atoms with E-state index in [4.69, 9.17) is 18.9 Å². The van der Waals surface area contributed by atoms with Crippen LogP contribution in [0.1, 0.15) is 34.2 Å². The Morgan fingerprint density at radius 2 is 0.849 bits per heavy atom. The van der Waals surface area contributed by atoms with Crippen LogP contribution >= 0.6 is 0 Å². The summed E-state index contributed by atoms with van der Waals surface area (Å²) in [5, 5.41) is 1.63. The summed E-state index contributed by atoms with van der Waals surface area (Å²) in [6, 6.07) is 43.3. The molecule has 1 fully saturated rings. The van der Waals surface area contributed by atoms with Gasteiger partial charge >= 0.3 is 24.1 Å². The van der Waals surface area contributed by atoms with E-state index in [0.29, 0.717) is 38.4 Å². The number of hydrogen-bond acceptors (Lipinski definition) is 8. The van der Waals surface area contributed by atoms with E-state index in [9.17, 15) is 19.2 Å². The van der Waals surface area contributed by atoms with Crippen molar-refractivity contribution in [2.45, 2.75) is 44.4 Å². The van der Waals surface area contributed by atoms with E-state index in [0.717, 1.165) is 5.01 Å². The zero-order valence-corrected chi connectivity index (χ0v) is 28.9. The third-order valence-corrected chi connectivity index (χ3v) is 8.78. The van der Waals surface area contributed by atoms with E-state index in [-0.39, 0.29) is 26.4 Å². The molecule has 1 aliphatic heterocycles. The number of amides is 2. The molecule has 0 N–H and O–H groups in total. The lowest BCUT2D eigenvalue weighted by Crippen LogP contribution is -2.64. The molecule has 1 saturated heterocycles. The normalized spacial score (nSPS) is 14.5. The number of hydrogen-bond donors (Lipinski definition) is 0. The summed E-state index contributed by atoms with van der Waals surface area (Å²) < 4.78 is 23.2. The minimum Gasteiger partial charge on any atom is -0.459 e. The molecule has 0 saturated carbocycles. The van der Waals surface area contributed by atoms with Crippen molar-refractivity contribution in [1.29, 1.82) is 0 Å². The van der Waals surface area contributed by atoms with Crippen LogP contribution in [0, 0.1) is 0 Å². The highest BCUT2D eigenvalue weighted by Gasteiger charge is 2.67. The van der Waals surface area contributed by atoms with Crippen molar-refractivity contribution in [2.24, 2.45) is 0 Å². The number of ether oxygens (including phenoxy) is 4. The van der Waals surface area contributed by atoms with Gasteiger partial charge in [-0.15, -0.1) is 0 Å². The maximum atomic E-state index is 14.7. The average Bonchev–Trinajstić information content (AvgIpc) is 3.59. The summed E-state index contributed by atoms with van der Waals surface area (Å²) in [5.74, 6) is -2.25. The molecule has 268 valence electrons. The maximum Gasteiger partial charge on any atom is 0.431 e. The summed E-state index contributed by atoms with van der Waals surface area (Å²) >= 11 is 0. The summed E-state index contributed by atoms with van der Waals surface area (Å²) in [4.78, 5) is 58.2. The third-order valence-electron chi connectivity index (χ3n) is 8.78. The van der Waals surface area contributed by atoms with Crippen LogP contribution in [-0.2, 0) is 55.0 Å². The minimum atomic E-state index is -2.55. The van der Waals surface area contributed by atoms with Gasteiger partial charge in [-0.05, 0) is 33.4 Å². The van der Waals surface area contributed by atoms with Crippen LogP contribution in [0.25, 0.3) is 5.57 Å². The molecule has 10 heteroatoms. The van der Waals surface area contributed by atoms with E-state index in [1.165, 1.54) is 0 Å². The fourth-order valence-corrected chi connectivity index (χ4v) is 6.02. The van der Waals surface area contributed by atoms with Gasteiger partial charge in [-0.1, -0.05) is 158 Å². The highest BCUT2D eigenvalue weighted by molar-refractivity contribution is 6.09. The zero-order chi connectivity index (χ0) is 37.0. The van der Waals surface area contributed by atoms with Crippen molar-refractivity contribution >= 4 is 29.7 Å². The third kappa shape index (κ3) is 8.45. The Morgan fingerprint density at radius 1 is 0.509 bits per heavy atom. The fraction of sp³-hybridized carbons (Fsp3) is 0.163. The second-order valence-corrected chi connectivity index (χ2v) is 12.3. The Hall–Kier alpha value is -6.68. The van der Waals surface area contributed by atoms with Gasteiger partial charge < -0.3 is 18.9 Å². The largest absolute Gasteiger partial charge is 0.459 e. The minimum absolute atomic E-state index is 0.169. The fourth-order valence-electron chi connectivity index (χ4n) is 6.02. The lowest BCUT2D eigenvalue weighted by molar-refractivity contribution is -0.179. The van der Waals surface area contributed by atoms with Gasteiger partial charge in [0.15, 0.2) is 0 Å². The number of esters is 2. The van der Waals surface area contributed by atoms with Crippen LogP contribution in [0.4, 0.5) is 9.59 Å². The van der Waals surface area contributed by atoms with Gasteiger partial charge in [-0.2, -0.15) is 5.01 Å². The summed E-state index contributed by atoms with van der Waals surface area (Å²) in [7, 11) is 0. The molecule has 53 heavy (non-hydrogen) atoms. The monoisotopic (exact) mass is 710 g/mol. The Morgan fingerprint density at radius 3 is 1.25 bits per heavy atom. The quantitative estimate of drug-likeness (QED) is 0.0731. The predicted molar refractivity (Wildman–Crippen MR) is 196 cm³/mol. The lowest BCUT2D eigenvalue weighted by atomic mass is 9.88. The van der Waals surface area contributed by atoms with Crippen LogP contribution in [0.15, 0.2) is 158 Å². The number of carbonyl (C=O) groups is 4. The zero-order valence-electron chi connectivity index (χ0n) is 28.9. The molecule has 10 nitrogen and oxygen atoms in total. The van der Waals surface area contributed by atoms with Gasteiger partial charge in [0.25, 0.3) is 5.54 Å². The number of hydrazine groups is 1. The standard InChI is InChI=1S/C43H38N2O8/c1-32(37-25-15-6-16-26-37)38-27-43(39(46)50-28-33-17-7-2-8-18-33,40(47)51-29-34-19-9-3-10-20-34)45(42(49)53-31-36-23-13-5-14-24-36)44(38)41(48)52-30-35-21-11-4-12-22-35/h2-26,38H,1,27-31H2/t38-/m1/s1. The summed E-state index contributed by atoms with van der Waals surface area (Å²) in [6.07, 6.45) is -2.67. The number of rotatable bonds is 12. The van der Waals surface area contributed by atoms with Crippen LogP contribution < -0.4 is 0 Å². The Bertz CT molecular complexity index is 1950. The van der Waals surface area contributed by atoms with E-state index in [2.05, 4.69) is 6.58 Å². The van der Waals surface area contributed by atoms with E-state index in [1.54, 1.807) is 121 Å². The molecule has 0 bridgehead atoms. The molecular weight excluding hydrogens is 672 g/mol. The van der Waals surface area contributed by atoms with Gasteiger partial charge in [0, 0.05) is 6.42 Å². The first-order valence-corrected chi connectivity index (χ1v) is 17.0. The molecule has 2 amide bonds. The van der Waals surface area contributed by atoms with Gasteiger partial charge in [-0.3, -0.25) is 0 Å². The number of benzene rings is 5.